The highest BCUT2D eigenvalue weighted by molar-refractivity contribution is 9.11. The first kappa shape index (κ1) is 25.4. The van der Waals surface area contributed by atoms with E-state index in [4.69, 9.17) is 4.98 Å². The van der Waals surface area contributed by atoms with E-state index in [1.54, 1.807) is 47.0 Å². The minimum Gasteiger partial charge on any atom is -0.508 e. The summed E-state index contributed by atoms with van der Waals surface area (Å²) in [5.74, 6) is 0.641. The quantitative estimate of drug-likeness (QED) is 0.153. The maximum atomic E-state index is 13.7. The molecule has 1 aromatic heterocycles. The molecular formula is C28H19Br2N5O3. The Labute approximate surface area is 233 Å². The summed E-state index contributed by atoms with van der Waals surface area (Å²) in [6.07, 6.45) is 1.46. The van der Waals surface area contributed by atoms with Gasteiger partial charge >= 0.3 is 6.03 Å². The smallest absolute Gasteiger partial charge is 0.339 e. The van der Waals surface area contributed by atoms with E-state index in [-0.39, 0.29) is 11.3 Å². The van der Waals surface area contributed by atoms with Gasteiger partial charge in [-0.05, 0) is 82.2 Å². The number of hydrogen-bond donors (Lipinski definition) is 3. The van der Waals surface area contributed by atoms with Gasteiger partial charge in [0.25, 0.3) is 5.56 Å². The molecule has 0 saturated heterocycles. The molecule has 2 amide bonds. The molecule has 4 aromatic carbocycles. The summed E-state index contributed by atoms with van der Waals surface area (Å²) < 4.78 is 3.03. The lowest BCUT2D eigenvalue weighted by Gasteiger charge is -2.15. The number of hydrazone groups is 1. The third-order valence-corrected chi connectivity index (χ3v) is 6.64. The number of amides is 2. The highest BCUT2D eigenvalue weighted by atomic mass is 79.9. The number of benzene rings is 4. The number of aromatic hydroxyl groups is 1. The normalized spacial score (nSPS) is 11.1. The first-order valence-electron chi connectivity index (χ1n) is 11.4. The van der Waals surface area contributed by atoms with Crippen LogP contribution in [0.5, 0.6) is 5.75 Å². The lowest BCUT2D eigenvalue weighted by atomic mass is 10.1. The Hall–Kier alpha value is -4.28. The molecule has 0 radical (unpaired) electrons. The molecule has 3 N–H and O–H groups in total. The summed E-state index contributed by atoms with van der Waals surface area (Å²) in [7, 11) is 0. The van der Waals surface area contributed by atoms with E-state index in [9.17, 15) is 14.7 Å². The third kappa shape index (κ3) is 5.51. The van der Waals surface area contributed by atoms with Crippen LogP contribution >= 0.6 is 31.9 Å². The fourth-order valence-electron chi connectivity index (χ4n) is 3.81. The van der Waals surface area contributed by atoms with E-state index in [0.717, 1.165) is 15.6 Å². The van der Waals surface area contributed by atoms with Crippen molar-refractivity contribution < 1.29 is 9.90 Å². The fourth-order valence-corrected chi connectivity index (χ4v) is 5.13. The number of carbonyl (C=O) groups is 1. The lowest BCUT2D eigenvalue weighted by molar-refractivity contribution is 0.252. The van der Waals surface area contributed by atoms with Gasteiger partial charge in [0, 0.05) is 20.2 Å². The molecule has 188 valence electrons. The summed E-state index contributed by atoms with van der Waals surface area (Å²) in [4.78, 5) is 30.8. The second kappa shape index (κ2) is 11.0. The van der Waals surface area contributed by atoms with Gasteiger partial charge in [0.05, 0.1) is 22.8 Å². The maximum absolute atomic E-state index is 13.7. The van der Waals surface area contributed by atoms with Gasteiger partial charge in [-0.3, -0.25) is 9.36 Å². The molecule has 0 aliphatic heterocycles. The van der Waals surface area contributed by atoms with Gasteiger partial charge < -0.3 is 10.4 Å². The summed E-state index contributed by atoms with van der Waals surface area (Å²) in [6, 6.07) is 25.8. The molecule has 0 aliphatic carbocycles. The second-order valence-corrected chi connectivity index (χ2v) is 9.96. The number of halogens is 2. The van der Waals surface area contributed by atoms with E-state index < -0.39 is 6.03 Å². The van der Waals surface area contributed by atoms with Crippen LogP contribution in [0.3, 0.4) is 0 Å². The second-order valence-electron chi connectivity index (χ2n) is 8.19. The van der Waals surface area contributed by atoms with Crippen molar-refractivity contribution in [2.24, 2.45) is 5.10 Å². The Balaban J connectivity index is 1.44. The zero-order valence-electron chi connectivity index (χ0n) is 19.6. The van der Waals surface area contributed by atoms with Crippen LogP contribution in [0, 0.1) is 0 Å². The van der Waals surface area contributed by atoms with Gasteiger partial charge in [0.2, 0.25) is 0 Å². The van der Waals surface area contributed by atoms with Gasteiger partial charge in [-0.25, -0.2) is 15.2 Å². The average molecular weight is 633 g/mol. The van der Waals surface area contributed by atoms with Gasteiger partial charge in [-0.15, -0.1) is 0 Å². The topological polar surface area (TPSA) is 109 Å². The zero-order valence-corrected chi connectivity index (χ0v) is 22.8. The molecule has 0 fully saturated rings. The minimum absolute atomic E-state index is 0.148. The Morgan fingerprint density at radius 2 is 1.66 bits per heavy atom. The molecule has 0 spiro atoms. The Kier molecular flexibility index (Phi) is 7.34. The number of urea groups is 1. The summed E-state index contributed by atoms with van der Waals surface area (Å²) in [5, 5.41) is 16.4. The van der Waals surface area contributed by atoms with E-state index in [1.807, 2.05) is 36.4 Å². The van der Waals surface area contributed by atoms with Crippen LogP contribution in [0.2, 0.25) is 0 Å². The number of fused-ring (bicyclic) bond motifs is 1. The standard InChI is InChI=1S/C28H19Br2N5O3/c29-19-14-23-25(24(30)15-19)33-26(18-4-2-1-3-5-18)35(27(23)37)21-10-8-20(9-11-21)32-28(38)34-31-16-17-6-12-22(36)13-7-17/h1-16,36H,(H2,32,34,38)/b31-16+. The maximum Gasteiger partial charge on any atom is 0.339 e. The average Bonchev–Trinajstić information content (AvgIpc) is 2.91. The zero-order chi connectivity index (χ0) is 26.6. The van der Waals surface area contributed by atoms with Crippen molar-refractivity contribution in [2.45, 2.75) is 0 Å². The van der Waals surface area contributed by atoms with Crippen LogP contribution in [0.15, 0.2) is 110 Å². The molecule has 0 unspecified atom stereocenters. The molecular weight excluding hydrogens is 614 g/mol. The number of phenolic OH excluding ortho intramolecular Hbond substituents is 1. The highest BCUT2D eigenvalue weighted by Gasteiger charge is 2.17. The van der Waals surface area contributed by atoms with Gasteiger partial charge in [0.1, 0.15) is 11.6 Å². The number of phenols is 1. The summed E-state index contributed by atoms with van der Waals surface area (Å²) in [6.45, 7) is 0. The molecule has 0 saturated carbocycles. The molecule has 10 heteroatoms. The number of nitrogens with one attached hydrogen (secondary N) is 2. The number of aromatic nitrogens is 2. The Bertz CT molecular complexity index is 1720. The molecule has 5 rings (SSSR count). The van der Waals surface area contributed by atoms with E-state index in [2.05, 4.69) is 47.7 Å². The molecule has 8 nitrogen and oxygen atoms in total. The van der Waals surface area contributed by atoms with Gasteiger partial charge in [-0.2, -0.15) is 5.10 Å². The number of hydrogen-bond acceptors (Lipinski definition) is 5. The number of rotatable bonds is 5. The van der Waals surface area contributed by atoms with Crippen LogP contribution in [0.25, 0.3) is 28.0 Å². The van der Waals surface area contributed by atoms with Crippen LogP contribution in [-0.2, 0) is 0 Å². The van der Waals surface area contributed by atoms with Crippen molar-refractivity contribution in [2.75, 3.05) is 5.32 Å². The third-order valence-electron chi connectivity index (χ3n) is 5.58. The minimum atomic E-state index is -0.531. The first-order chi connectivity index (χ1) is 18.4. The summed E-state index contributed by atoms with van der Waals surface area (Å²) in [5.41, 5.74) is 5.35. The van der Waals surface area contributed by atoms with Gasteiger partial charge in [-0.1, -0.05) is 46.3 Å². The van der Waals surface area contributed by atoms with Crippen molar-refractivity contribution in [3.05, 3.63) is 116 Å². The van der Waals surface area contributed by atoms with Crippen LogP contribution in [-0.4, -0.2) is 26.9 Å². The van der Waals surface area contributed by atoms with E-state index in [0.29, 0.717) is 32.6 Å². The monoisotopic (exact) mass is 631 g/mol. The summed E-state index contributed by atoms with van der Waals surface area (Å²) >= 11 is 6.98. The van der Waals surface area contributed by atoms with E-state index in [1.165, 1.54) is 18.3 Å². The Morgan fingerprint density at radius 3 is 2.37 bits per heavy atom. The van der Waals surface area contributed by atoms with Crippen LogP contribution in [0.1, 0.15) is 5.56 Å². The van der Waals surface area contributed by atoms with Crippen LogP contribution < -0.4 is 16.3 Å². The highest BCUT2D eigenvalue weighted by Crippen LogP contribution is 2.29. The number of nitrogens with zero attached hydrogens (tertiary/aromatic N) is 3. The molecule has 0 bridgehead atoms. The number of carbonyl (C=O) groups excluding carboxylic acids is 1. The van der Waals surface area contributed by atoms with Crippen molar-refractivity contribution in [1.29, 1.82) is 0 Å². The van der Waals surface area contributed by atoms with Crippen LogP contribution in [0.4, 0.5) is 10.5 Å². The predicted molar refractivity (Wildman–Crippen MR) is 156 cm³/mol. The van der Waals surface area contributed by atoms with Crippen molar-refractivity contribution >= 4 is 60.7 Å². The first-order valence-corrected chi connectivity index (χ1v) is 12.9. The van der Waals surface area contributed by atoms with E-state index >= 15 is 0 Å². The Morgan fingerprint density at radius 1 is 0.947 bits per heavy atom. The van der Waals surface area contributed by atoms with Crippen molar-refractivity contribution in [3.63, 3.8) is 0 Å². The molecule has 0 aliphatic rings. The predicted octanol–water partition coefficient (Wildman–Crippen LogP) is 6.44. The number of anilines is 1. The lowest BCUT2D eigenvalue weighted by Crippen LogP contribution is -2.24. The molecule has 0 atom stereocenters. The molecule has 38 heavy (non-hydrogen) atoms. The van der Waals surface area contributed by atoms with Gasteiger partial charge in [0.15, 0.2) is 0 Å². The van der Waals surface area contributed by atoms with Crippen molar-refractivity contribution in [1.82, 2.24) is 15.0 Å². The molecule has 5 aromatic rings. The largest absolute Gasteiger partial charge is 0.508 e. The fraction of sp³-hybridized carbons (Fsp3) is 0. The molecule has 1 heterocycles. The SMILES string of the molecule is O=C(N/N=C/c1ccc(O)cc1)Nc1ccc(-n2c(-c3ccccc3)nc3c(Br)cc(Br)cc3c2=O)cc1. The van der Waals surface area contributed by atoms with Crippen molar-refractivity contribution in [3.8, 4) is 22.8 Å².